The molecule has 102 valence electrons. The number of rotatable bonds is 5. The third-order valence-electron chi connectivity index (χ3n) is 2.87. The summed E-state index contributed by atoms with van der Waals surface area (Å²) in [4.78, 5) is 16.1. The Morgan fingerprint density at radius 2 is 2.32 bits per heavy atom. The van der Waals surface area contributed by atoms with Gasteiger partial charge in [0.2, 0.25) is 5.28 Å². The number of amides is 1. The van der Waals surface area contributed by atoms with Crippen LogP contribution in [-0.2, 0) is 11.3 Å². The molecule has 0 spiro atoms. The number of benzene rings is 1. The highest BCUT2D eigenvalue weighted by molar-refractivity contribution is 6.29. The summed E-state index contributed by atoms with van der Waals surface area (Å²) >= 11 is 6.04. The van der Waals surface area contributed by atoms with Crippen LogP contribution in [0.15, 0.2) is 18.2 Å². The Kier molecular flexibility index (Phi) is 4.39. The number of aryl methyl sites for hydroxylation is 1. The van der Waals surface area contributed by atoms with E-state index in [1.165, 1.54) is 0 Å². The molecule has 1 amide bonds. The van der Waals surface area contributed by atoms with Crippen LogP contribution >= 0.6 is 11.6 Å². The molecule has 1 heterocycles. The monoisotopic (exact) mass is 281 g/mol. The molecule has 0 aliphatic rings. The molecule has 0 atom stereocenters. The first-order chi connectivity index (χ1) is 9.17. The molecule has 0 fully saturated rings. The van der Waals surface area contributed by atoms with E-state index in [4.69, 9.17) is 16.3 Å². The zero-order valence-electron chi connectivity index (χ0n) is 10.9. The molecule has 0 saturated heterocycles. The number of halogens is 1. The second-order valence-electron chi connectivity index (χ2n) is 4.08. The lowest BCUT2D eigenvalue weighted by Gasteiger charge is -2.05. The molecule has 1 aromatic carbocycles. The second-order valence-corrected chi connectivity index (χ2v) is 4.42. The van der Waals surface area contributed by atoms with E-state index in [2.05, 4.69) is 10.3 Å². The zero-order valence-corrected chi connectivity index (χ0v) is 11.7. The SMILES string of the molecule is CCn1c(Cl)nc2cc(C(=O)NCCOC)ccc21. The highest BCUT2D eigenvalue weighted by Crippen LogP contribution is 2.20. The van der Waals surface area contributed by atoms with Crippen LogP contribution in [0.3, 0.4) is 0 Å². The number of carbonyl (C=O) groups excluding carboxylic acids is 1. The fourth-order valence-electron chi connectivity index (χ4n) is 1.91. The lowest BCUT2D eigenvalue weighted by Crippen LogP contribution is -2.26. The van der Waals surface area contributed by atoms with Crippen LogP contribution in [0.4, 0.5) is 0 Å². The first-order valence-electron chi connectivity index (χ1n) is 6.10. The summed E-state index contributed by atoms with van der Waals surface area (Å²) in [5.74, 6) is -0.138. The van der Waals surface area contributed by atoms with Crippen LogP contribution in [0.1, 0.15) is 17.3 Å². The van der Waals surface area contributed by atoms with Gasteiger partial charge >= 0.3 is 0 Å². The van der Waals surface area contributed by atoms with Crippen molar-refractivity contribution in [1.29, 1.82) is 0 Å². The van der Waals surface area contributed by atoms with Crippen molar-refractivity contribution in [2.45, 2.75) is 13.5 Å². The summed E-state index contributed by atoms with van der Waals surface area (Å²) in [5, 5.41) is 3.21. The Balaban J connectivity index is 2.24. The van der Waals surface area contributed by atoms with Crippen LogP contribution in [0.25, 0.3) is 11.0 Å². The highest BCUT2D eigenvalue weighted by atomic mass is 35.5. The number of aromatic nitrogens is 2. The van der Waals surface area contributed by atoms with E-state index in [1.54, 1.807) is 19.2 Å². The normalized spacial score (nSPS) is 10.9. The zero-order chi connectivity index (χ0) is 13.8. The minimum atomic E-state index is -0.138. The van der Waals surface area contributed by atoms with E-state index in [-0.39, 0.29) is 5.91 Å². The number of hydrogen-bond acceptors (Lipinski definition) is 3. The van der Waals surface area contributed by atoms with Gasteiger partial charge in [0.1, 0.15) is 0 Å². The number of hydrogen-bond donors (Lipinski definition) is 1. The fraction of sp³-hybridized carbons (Fsp3) is 0.385. The van der Waals surface area contributed by atoms with Gasteiger partial charge < -0.3 is 14.6 Å². The maximum absolute atomic E-state index is 11.9. The van der Waals surface area contributed by atoms with Crippen LogP contribution in [-0.4, -0.2) is 35.7 Å². The summed E-state index contributed by atoms with van der Waals surface area (Å²) in [7, 11) is 1.59. The lowest BCUT2D eigenvalue weighted by atomic mass is 10.2. The molecule has 0 unspecified atom stereocenters. The van der Waals surface area contributed by atoms with Crippen molar-refractivity contribution in [3.63, 3.8) is 0 Å². The van der Waals surface area contributed by atoms with E-state index in [1.807, 2.05) is 17.6 Å². The number of imidazole rings is 1. The number of nitrogens with zero attached hydrogens (tertiary/aromatic N) is 2. The van der Waals surface area contributed by atoms with E-state index < -0.39 is 0 Å². The number of fused-ring (bicyclic) bond motifs is 1. The Hall–Kier alpha value is -1.59. The van der Waals surface area contributed by atoms with Gasteiger partial charge in [-0.3, -0.25) is 4.79 Å². The average molecular weight is 282 g/mol. The van der Waals surface area contributed by atoms with Crippen LogP contribution < -0.4 is 5.32 Å². The van der Waals surface area contributed by atoms with Crippen molar-refractivity contribution in [2.75, 3.05) is 20.3 Å². The molecule has 6 heteroatoms. The Labute approximate surface area is 116 Å². The molecule has 2 aromatic rings. The Morgan fingerprint density at radius 3 is 3.00 bits per heavy atom. The van der Waals surface area contributed by atoms with Crippen molar-refractivity contribution >= 4 is 28.5 Å². The van der Waals surface area contributed by atoms with Gasteiger partial charge in [0, 0.05) is 25.8 Å². The second kappa shape index (κ2) is 6.04. The molecule has 0 aliphatic carbocycles. The van der Waals surface area contributed by atoms with Crippen LogP contribution in [0.5, 0.6) is 0 Å². The number of nitrogens with one attached hydrogen (secondary N) is 1. The summed E-state index contributed by atoms with van der Waals surface area (Å²) < 4.78 is 6.78. The fourth-order valence-corrected chi connectivity index (χ4v) is 2.21. The third kappa shape index (κ3) is 2.88. The van der Waals surface area contributed by atoms with Crippen molar-refractivity contribution in [3.05, 3.63) is 29.0 Å². The molecule has 0 saturated carbocycles. The third-order valence-corrected chi connectivity index (χ3v) is 3.16. The quantitative estimate of drug-likeness (QED) is 0.854. The van der Waals surface area contributed by atoms with E-state index in [0.717, 1.165) is 17.6 Å². The highest BCUT2D eigenvalue weighted by Gasteiger charge is 2.11. The summed E-state index contributed by atoms with van der Waals surface area (Å²) in [6, 6.07) is 5.38. The number of methoxy groups -OCH3 is 1. The largest absolute Gasteiger partial charge is 0.383 e. The molecule has 19 heavy (non-hydrogen) atoms. The molecular formula is C13H16ClN3O2. The van der Waals surface area contributed by atoms with Gasteiger partial charge in [-0.1, -0.05) is 0 Å². The van der Waals surface area contributed by atoms with Crippen molar-refractivity contribution in [2.24, 2.45) is 0 Å². The van der Waals surface area contributed by atoms with Gasteiger partial charge in [-0.05, 0) is 36.7 Å². The molecular weight excluding hydrogens is 266 g/mol. The van der Waals surface area contributed by atoms with Gasteiger partial charge in [-0.15, -0.1) is 0 Å². The van der Waals surface area contributed by atoms with Crippen molar-refractivity contribution < 1.29 is 9.53 Å². The van der Waals surface area contributed by atoms with Gasteiger partial charge in [-0.25, -0.2) is 4.98 Å². The van der Waals surface area contributed by atoms with Gasteiger partial charge in [0.25, 0.3) is 5.91 Å². The Morgan fingerprint density at radius 1 is 1.53 bits per heavy atom. The van der Waals surface area contributed by atoms with Gasteiger partial charge in [-0.2, -0.15) is 0 Å². The Bertz CT molecular complexity index is 595. The standard InChI is InChI=1S/C13H16ClN3O2/c1-3-17-11-5-4-9(8-10(11)16-13(17)14)12(18)15-6-7-19-2/h4-5,8H,3,6-7H2,1-2H3,(H,15,18). The topological polar surface area (TPSA) is 56.2 Å². The summed E-state index contributed by atoms with van der Waals surface area (Å²) in [6.07, 6.45) is 0. The molecule has 0 aliphatic heterocycles. The van der Waals surface area contributed by atoms with Crippen molar-refractivity contribution in [3.8, 4) is 0 Å². The maximum atomic E-state index is 11.9. The molecule has 0 bridgehead atoms. The summed E-state index contributed by atoms with van der Waals surface area (Å²) in [5.41, 5.74) is 2.23. The smallest absolute Gasteiger partial charge is 0.251 e. The molecule has 1 aromatic heterocycles. The van der Waals surface area contributed by atoms with E-state index in [0.29, 0.717) is 24.0 Å². The van der Waals surface area contributed by atoms with E-state index in [9.17, 15) is 4.79 Å². The first kappa shape index (κ1) is 13.8. The van der Waals surface area contributed by atoms with Crippen molar-refractivity contribution in [1.82, 2.24) is 14.9 Å². The minimum Gasteiger partial charge on any atom is -0.383 e. The van der Waals surface area contributed by atoms with Gasteiger partial charge in [0.05, 0.1) is 17.6 Å². The predicted molar refractivity (Wildman–Crippen MR) is 74.6 cm³/mol. The number of carbonyl (C=O) groups is 1. The summed E-state index contributed by atoms with van der Waals surface area (Å²) in [6.45, 7) is 3.72. The lowest BCUT2D eigenvalue weighted by molar-refractivity contribution is 0.0937. The molecule has 0 radical (unpaired) electrons. The van der Waals surface area contributed by atoms with Crippen LogP contribution in [0, 0.1) is 0 Å². The van der Waals surface area contributed by atoms with E-state index >= 15 is 0 Å². The van der Waals surface area contributed by atoms with Crippen LogP contribution in [0.2, 0.25) is 5.28 Å². The molecule has 1 N–H and O–H groups in total. The molecule has 5 nitrogen and oxygen atoms in total. The van der Waals surface area contributed by atoms with Gasteiger partial charge in [0.15, 0.2) is 0 Å². The predicted octanol–water partition coefficient (Wildman–Crippen LogP) is 2.09. The minimum absolute atomic E-state index is 0.138. The first-order valence-corrected chi connectivity index (χ1v) is 6.48. The number of ether oxygens (including phenoxy) is 1. The maximum Gasteiger partial charge on any atom is 0.251 e. The molecule has 2 rings (SSSR count). The average Bonchev–Trinajstić information content (AvgIpc) is 2.73.